The first-order valence-corrected chi connectivity index (χ1v) is 7.12. The van der Waals surface area contributed by atoms with Gasteiger partial charge in [0, 0.05) is 18.4 Å². The van der Waals surface area contributed by atoms with E-state index in [1.807, 2.05) is 12.1 Å². The van der Waals surface area contributed by atoms with E-state index in [2.05, 4.69) is 0 Å². The molecule has 0 aliphatic heterocycles. The maximum Gasteiger partial charge on any atom is 0.304 e. The Hall–Kier alpha value is -2.73. The van der Waals surface area contributed by atoms with Gasteiger partial charge in [0.2, 0.25) is 5.82 Å². The minimum Gasteiger partial charge on any atom is -0.399 e. The number of hydrogen-bond acceptors (Lipinski definition) is 4. The highest BCUT2D eigenvalue weighted by Crippen LogP contribution is 2.21. The van der Waals surface area contributed by atoms with Crippen molar-refractivity contribution in [2.75, 3.05) is 12.3 Å². The summed E-state index contributed by atoms with van der Waals surface area (Å²) in [5.41, 5.74) is 8.28. The Labute approximate surface area is 133 Å². The molecule has 23 heavy (non-hydrogen) atoms. The Bertz CT molecular complexity index is 745. The van der Waals surface area contributed by atoms with Crippen molar-refractivity contribution in [3.63, 3.8) is 0 Å². The van der Waals surface area contributed by atoms with Gasteiger partial charge in [0.25, 0.3) is 0 Å². The quantitative estimate of drug-likeness (QED) is 0.370. The van der Waals surface area contributed by atoms with Crippen molar-refractivity contribution in [2.24, 2.45) is 0 Å². The van der Waals surface area contributed by atoms with Crippen LogP contribution in [0.1, 0.15) is 23.1 Å². The van der Waals surface area contributed by atoms with E-state index in [9.17, 15) is 14.5 Å². The molecule has 0 aliphatic carbocycles. The predicted octanol–water partition coefficient (Wildman–Crippen LogP) is 3.41. The third-order valence-electron chi connectivity index (χ3n) is 3.40. The van der Waals surface area contributed by atoms with E-state index in [0.29, 0.717) is 24.1 Å². The molecule has 0 fully saturated rings. The van der Waals surface area contributed by atoms with Gasteiger partial charge >= 0.3 is 5.69 Å². The molecule has 2 aromatic carbocycles. The molecule has 0 saturated carbocycles. The summed E-state index contributed by atoms with van der Waals surface area (Å²) < 4.78 is 13.6. The van der Waals surface area contributed by atoms with Crippen LogP contribution in [0.2, 0.25) is 0 Å². The first-order chi connectivity index (χ1) is 11.0. The highest BCUT2D eigenvalue weighted by Gasteiger charge is 2.12. The van der Waals surface area contributed by atoms with Crippen LogP contribution in [0.25, 0.3) is 12.2 Å². The van der Waals surface area contributed by atoms with E-state index in [1.165, 1.54) is 6.07 Å². The lowest BCUT2D eigenvalue weighted by atomic mass is 10.0. The van der Waals surface area contributed by atoms with Crippen molar-refractivity contribution in [3.05, 3.63) is 69.0 Å². The topological polar surface area (TPSA) is 89.4 Å². The zero-order valence-corrected chi connectivity index (χ0v) is 12.4. The monoisotopic (exact) mass is 316 g/mol. The SMILES string of the molecule is Nc1ccc(C=Cc2ccc([N+](=O)[O-])c(F)c2)c(CCCO)c1. The summed E-state index contributed by atoms with van der Waals surface area (Å²) in [4.78, 5) is 9.85. The molecule has 3 N–H and O–H groups in total. The Kier molecular flexibility index (Phi) is 5.43. The van der Waals surface area contributed by atoms with Crippen LogP contribution in [0.4, 0.5) is 15.8 Å². The molecule has 2 rings (SSSR count). The molecule has 0 atom stereocenters. The number of nitrogens with zero attached hydrogens (tertiary/aromatic N) is 1. The third-order valence-corrected chi connectivity index (χ3v) is 3.40. The second-order valence-corrected chi connectivity index (χ2v) is 5.09. The minimum atomic E-state index is -0.866. The summed E-state index contributed by atoms with van der Waals surface area (Å²) >= 11 is 0. The van der Waals surface area contributed by atoms with Gasteiger partial charge < -0.3 is 10.8 Å². The molecule has 5 nitrogen and oxygen atoms in total. The Morgan fingerprint density at radius 3 is 2.65 bits per heavy atom. The highest BCUT2D eigenvalue weighted by atomic mass is 19.1. The maximum atomic E-state index is 13.6. The van der Waals surface area contributed by atoms with Crippen LogP contribution < -0.4 is 5.73 Å². The van der Waals surface area contributed by atoms with E-state index in [4.69, 9.17) is 10.8 Å². The lowest BCUT2D eigenvalue weighted by molar-refractivity contribution is -0.387. The molecule has 0 aromatic heterocycles. The van der Waals surface area contributed by atoms with Gasteiger partial charge in [-0.1, -0.05) is 18.2 Å². The average Bonchev–Trinajstić information content (AvgIpc) is 2.51. The normalized spacial score (nSPS) is 11.0. The molecule has 120 valence electrons. The molecule has 0 aliphatic rings. The lowest BCUT2D eigenvalue weighted by Crippen LogP contribution is -1.95. The second kappa shape index (κ2) is 7.51. The number of nitrogen functional groups attached to an aromatic ring is 1. The number of hydrogen-bond donors (Lipinski definition) is 2. The van der Waals surface area contributed by atoms with E-state index in [1.54, 1.807) is 18.2 Å². The van der Waals surface area contributed by atoms with Crippen LogP contribution in [-0.2, 0) is 6.42 Å². The fraction of sp³-hybridized carbons (Fsp3) is 0.176. The van der Waals surface area contributed by atoms with Gasteiger partial charge in [-0.2, -0.15) is 4.39 Å². The van der Waals surface area contributed by atoms with Crippen molar-refractivity contribution in [3.8, 4) is 0 Å². The Balaban J connectivity index is 2.26. The van der Waals surface area contributed by atoms with Crippen LogP contribution in [0, 0.1) is 15.9 Å². The minimum absolute atomic E-state index is 0.0888. The molecule has 0 radical (unpaired) electrons. The zero-order chi connectivity index (χ0) is 16.8. The number of rotatable bonds is 6. The summed E-state index contributed by atoms with van der Waals surface area (Å²) in [5.74, 6) is -0.866. The first kappa shape index (κ1) is 16.6. The van der Waals surface area contributed by atoms with E-state index >= 15 is 0 Å². The number of anilines is 1. The number of benzene rings is 2. The average molecular weight is 316 g/mol. The molecule has 0 unspecified atom stereocenters. The smallest absolute Gasteiger partial charge is 0.304 e. The predicted molar refractivity (Wildman–Crippen MR) is 88.2 cm³/mol. The highest BCUT2D eigenvalue weighted by molar-refractivity contribution is 5.72. The molecule has 0 bridgehead atoms. The summed E-state index contributed by atoms with van der Waals surface area (Å²) in [6, 6.07) is 9.21. The summed E-state index contributed by atoms with van der Waals surface area (Å²) in [6.07, 6.45) is 4.78. The number of aliphatic hydroxyl groups excluding tert-OH is 1. The van der Waals surface area contributed by atoms with Crippen LogP contribution in [0.5, 0.6) is 0 Å². The van der Waals surface area contributed by atoms with Crippen molar-refractivity contribution in [1.82, 2.24) is 0 Å². The Morgan fingerprint density at radius 2 is 2.00 bits per heavy atom. The lowest BCUT2D eigenvalue weighted by Gasteiger charge is -2.07. The van der Waals surface area contributed by atoms with Gasteiger partial charge in [-0.05, 0) is 53.8 Å². The van der Waals surface area contributed by atoms with Crippen LogP contribution in [0.15, 0.2) is 36.4 Å². The van der Waals surface area contributed by atoms with Gasteiger partial charge in [-0.25, -0.2) is 0 Å². The fourth-order valence-electron chi connectivity index (χ4n) is 2.24. The largest absolute Gasteiger partial charge is 0.399 e. The maximum absolute atomic E-state index is 13.6. The summed E-state index contributed by atoms with van der Waals surface area (Å²) in [7, 11) is 0. The summed E-state index contributed by atoms with van der Waals surface area (Å²) in [5, 5.41) is 19.6. The molecule has 0 spiro atoms. The van der Waals surface area contributed by atoms with Gasteiger partial charge in [-0.3, -0.25) is 10.1 Å². The van der Waals surface area contributed by atoms with Crippen LogP contribution in [-0.4, -0.2) is 16.6 Å². The fourth-order valence-corrected chi connectivity index (χ4v) is 2.24. The van der Waals surface area contributed by atoms with Gasteiger partial charge in [-0.15, -0.1) is 0 Å². The van der Waals surface area contributed by atoms with Crippen molar-refractivity contribution < 1.29 is 14.4 Å². The van der Waals surface area contributed by atoms with E-state index < -0.39 is 16.4 Å². The first-order valence-electron chi connectivity index (χ1n) is 7.12. The van der Waals surface area contributed by atoms with Gasteiger partial charge in [0.15, 0.2) is 0 Å². The molecule has 0 heterocycles. The molecular formula is C17H17FN2O3. The number of halogens is 1. The number of nitrogens with two attached hydrogens (primary N) is 1. The van der Waals surface area contributed by atoms with Crippen molar-refractivity contribution in [2.45, 2.75) is 12.8 Å². The standard InChI is InChI=1S/C17H17FN2O3/c18-16-10-12(4-8-17(16)20(22)23)3-5-13-6-7-15(19)11-14(13)2-1-9-21/h3-8,10-11,21H,1-2,9,19H2. The molecule has 0 amide bonds. The van der Waals surface area contributed by atoms with Crippen molar-refractivity contribution >= 4 is 23.5 Å². The number of aryl methyl sites for hydroxylation is 1. The van der Waals surface area contributed by atoms with Gasteiger partial charge in [0.05, 0.1) is 4.92 Å². The van der Waals surface area contributed by atoms with Gasteiger partial charge in [0.1, 0.15) is 0 Å². The third kappa shape index (κ3) is 4.37. The molecule has 0 saturated heterocycles. The van der Waals surface area contributed by atoms with Crippen molar-refractivity contribution in [1.29, 1.82) is 0 Å². The molecular weight excluding hydrogens is 299 g/mol. The number of nitro benzene ring substituents is 1. The number of nitro groups is 1. The molecule has 2 aromatic rings. The zero-order valence-electron chi connectivity index (χ0n) is 12.4. The summed E-state index contributed by atoms with van der Waals surface area (Å²) in [6.45, 7) is 0.0888. The number of aliphatic hydroxyl groups is 1. The van der Waals surface area contributed by atoms with E-state index in [0.717, 1.165) is 23.3 Å². The molecule has 6 heteroatoms. The van der Waals surface area contributed by atoms with Crippen LogP contribution >= 0.6 is 0 Å². The van der Waals surface area contributed by atoms with E-state index in [-0.39, 0.29) is 6.61 Å². The Morgan fingerprint density at radius 1 is 1.22 bits per heavy atom. The second-order valence-electron chi connectivity index (χ2n) is 5.09. The van der Waals surface area contributed by atoms with Crippen LogP contribution in [0.3, 0.4) is 0 Å².